The van der Waals surface area contributed by atoms with Gasteiger partial charge in [0.05, 0.1) is 0 Å². The second-order valence-electron chi connectivity index (χ2n) is 4.36. The van der Waals surface area contributed by atoms with Crippen molar-refractivity contribution in [3.8, 4) is 0 Å². The van der Waals surface area contributed by atoms with Crippen molar-refractivity contribution in [1.29, 1.82) is 0 Å². The van der Waals surface area contributed by atoms with Crippen LogP contribution >= 0.6 is 0 Å². The van der Waals surface area contributed by atoms with Crippen LogP contribution < -0.4 is 4.72 Å². The van der Waals surface area contributed by atoms with Gasteiger partial charge in [-0.25, -0.2) is 0 Å². The molecule has 2 aromatic rings. The minimum absolute atomic E-state index is 0.334. The van der Waals surface area contributed by atoms with Gasteiger partial charge in [0, 0.05) is 19.6 Å². The summed E-state index contributed by atoms with van der Waals surface area (Å²) in [6.45, 7) is 1.59. The molecular formula is C13H14N2O2S. The Labute approximate surface area is 106 Å². The van der Waals surface area contributed by atoms with Crippen molar-refractivity contribution in [2.24, 2.45) is 0 Å². The Morgan fingerprint density at radius 1 is 1.06 bits per heavy atom. The highest BCUT2D eigenvalue weighted by Gasteiger charge is 2.31. The third-order valence-corrected chi connectivity index (χ3v) is 4.63. The number of benzene rings is 2. The van der Waals surface area contributed by atoms with Crippen LogP contribution in [-0.4, -0.2) is 25.8 Å². The summed E-state index contributed by atoms with van der Waals surface area (Å²) in [7, 11) is -3.27. The van der Waals surface area contributed by atoms with Gasteiger partial charge in [0.15, 0.2) is 0 Å². The zero-order valence-corrected chi connectivity index (χ0v) is 10.7. The number of hydrogen-bond acceptors (Lipinski definition) is 2. The molecule has 1 heterocycles. The van der Waals surface area contributed by atoms with Crippen molar-refractivity contribution >= 4 is 21.0 Å². The zero-order chi connectivity index (χ0) is 12.6. The van der Waals surface area contributed by atoms with E-state index in [9.17, 15) is 8.42 Å². The van der Waals surface area contributed by atoms with E-state index in [-0.39, 0.29) is 0 Å². The van der Waals surface area contributed by atoms with E-state index in [2.05, 4.69) is 4.72 Å². The molecule has 0 radical (unpaired) electrons. The standard InChI is InChI=1S/C13H14N2O2S/c16-18(17,15-8-9-15)14-10-12-6-3-5-11-4-1-2-7-13(11)12/h1-7,14H,8-10H2. The Morgan fingerprint density at radius 2 is 1.78 bits per heavy atom. The minimum atomic E-state index is -3.27. The first-order chi connectivity index (χ1) is 8.67. The summed E-state index contributed by atoms with van der Waals surface area (Å²) >= 11 is 0. The van der Waals surface area contributed by atoms with E-state index in [4.69, 9.17) is 0 Å². The normalized spacial score (nSPS) is 16.0. The van der Waals surface area contributed by atoms with Crippen LogP contribution in [0.2, 0.25) is 0 Å². The topological polar surface area (TPSA) is 49.2 Å². The molecule has 0 saturated carbocycles. The van der Waals surface area contributed by atoms with Gasteiger partial charge in [-0.2, -0.15) is 17.4 Å². The van der Waals surface area contributed by atoms with Gasteiger partial charge < -0.3 is 0 Å². The monoisotopic (exact) mass is 262 g/mol. The van der Waals surface area contributed by atoms with Crippen LogP contribution in [0.5, 0.6) is 0 Å². The highest BCUT2D eigenvalue weighted by molar-refractivity contribution is 7.87. The van der Waals surface area contributed by atoms with Gasteiger partial charge in [-0.15, -0.1) is 0 Å². The van der Waals surface area contributed by atoms with Crippen LogP contribution in [0.1, 0.15) is 5.56 Å². The maximum absolute atomic E-state index is 11.7. The molecule has 1 fully saturated rings. The third-order valence-electron chi connectivity index (χ3n) is 3.07. The van der Waals surface area contributed by atoms with E-state index >= 15 is 0 Å². The van der Waals surface area contributed by atoms with Crippen molar-refractivity contribution in [2.45, 2.75) is 6.54 Å². The van der Waals surface area contributed by atoms with Gasteiger partial charge in [0.25, 0.3) is 10.2 Å². The van der Waals surface area contributed by atoms with E-state index in [0.717, 1.165) is 16.3 Å². The van der Waals surface area contributed by atoms with E-state index < -0.39 is 10.2 Å². The molecule has 1 N–H and O–H groups in total. The third kappa shape index (κ3) is 2.25. The van der Waals surface area contributed by atoms with Crippen molar-refractivity contribution in [2.75, 3.05) is 13.1 Å². The van der Waals surface area contributed by atoms with Gasteiger partial charge in [-0.1, -0.05) is 42.5 Å². The summed E-state index contributed by atoms with van der Waals surface area (Å²) in [6.07, 6.45) is 0. The first-order valence-corrected chi connectivity index (χ1v) is 7.32. The summed E-state index contributed by atoms with van der Waals surface area (Å²) < 4.78 is 27.5. The second-order valence-corrected chi connectivity index (χ2v) is 6.12. The van der Waals surface area contributed by atoms with E-state index in [1.807, 2.05) is 42.5 Å². The average molecular weight is 262 g/mol. The number of nitrogens with zero attached hydrogens (tertiary/aromatic N) is 1. The first kappa shape index (κ1) is 11.6. The van der Waals surface area contributed by atoms with Crippen LogP contribution in [0.25, 0.3) is 10.8 Å². The molecule has 1 aliphatic rings. The molecule has 0 amide bonds. The lowest BCUT2D eigenvalue weighted by Gasteiger charge is -2.09. The predicted molar refractivity (Wildman–Crippen MR) is 71.3 cm³/mol. The lowest BCUT2D eigenvalue weighted by atomic mass is 10.1. The molecule has 0 unspecified atom stereocenters. The Kier molecular flexibility index (Phi) is 2.81. The average Bonchev–Trinajstić information content (AvgIpc) is 3.21. The summed E-state index contributed by atoms with van der Waals surface area (Å²) in [6, 6.07) is 13.9. The first-order valence-electron chi connectivity index (χ1n) is 5.88. The SMILES string of the molecule is O=S(=O)(NCc1cccc2ccccc12)N1CC1. The molecule has 94 valence electrons. The fraction of sp³-hybridized carbons (Fsp3) is 0.231. The molecule has 1 saturated heterocycles. The fourth-order valence-corrected chi connectivity index (χ4v) is 3.07. The van der Waals surface area contributed by atoms with Crippen molar-refractivity contribution in [3.63, 3.8) is 0 Å². The van der Waals surface area contributed by atoms with Gasteiger partial charge in [-0.05, 0) is 16.3 Å². The molecule has 0 bridgehead atoms. The number of nitrogens with one attached hydrogen (secondary N) is 1. The van der Waals surface area contributed by atoms with Gasteiger partial charge in [-0.3, -0.25) is 0 Å². The Morgan fingerprint density at radius 3 is 2.56 bits per heavy atom. The van der Waals surface area contributed by atoms with Crippen molar-refractivity contribution < 1.29 is 8.42 Å². The lowest BCUT2D eigenvalue weighted by molar-refractivity contribution is 0.547. The molecule has 4 nitrogen and oxygen atoms in total. The molecule has 5 heteroatoms. The van der Waals surface area contributed by atoms with Gasteiger partial charge in [0.1, 0.15) is 0 Å². The molecule has 18 heavy (non-hydrogen) atoms. The summed E-state index contributed by atoms with van der Waals surface area (Å²) in [4.78, 5) is 0. The number of rotatable bonds is 4. The minimum Gasteiger partial charge on any atom is -0.198 e. The highest BCUT2D eigenvalue weighted by Crippen LogP contribution is 2.19. The molecule has 0 atom stereocenters. The predicted octanol–water partition coefficient (Wildman–Crippen LogP) is 1.49. The van der Waals surface area contributed by atoms with Crippen LogP contribution in [0.15, 0.2) is 42.5 Å². The van der Waals surface area contributed by atoms with E-state index in [1.54, 1.807) is 0 Å². The molecular weight excluding hydrogens is 248 g/mol. The lowest BCUT2D eigenvalue weighted by Crippen LogP contribution is -2.29. The van der Waals surface area contributed by atoms with E-state index in [0.29, 0.717) is 19.6 Å². The largest absolute Gasteiger partial charge is 0.279 e. The highest BCUT2D eigenvalue weighted by atomic mass is 32.2. The van der Waals surface area contributed by atoms with Crippen LogP contribution in [0, 0.1) is 0 Å². The quantitative estimate of drug-likeness (QED) is 0.849. The summed E-state index contributed by atoms with van der Waals surface area (Å²) in [5.74, 6) is 0. The van der Waals surface area contributed by atoms with Crippen molar-refractivity contribution in [1.82, 2.24) is 9.03 Å². The smallest absolute Gasteiger partial charge is 0.198 e. The molecule has 0 aromatic heterocycles. The summed E-state index contributed by atoms with van der Waals surface area (Å²) in [5, 5.41) is 2.22. The molecule has 0 spiro atoms. The van der Waals surface area contributed by atoms with Crippen LogP contribution in [0.3, 0.4) is 0 Å². The maximum Gasteiger partial charge on any atom is 0.279 e. The molecule has 2 aromatic carbocycles. The summed E-state index contributed by atoms with van der Waals surface area (Å²) in [5.41, 5.74) is 0.999. The Bertz CT molecular complexity index is 673. The van der Waals surface area contributed by atoms with Gasteiger partial charge in [0.2, 0.25) is 0 Å². The maximum atomic E-state index is 11.7. The van der Waals surface area contributed by atoms with E-state index in [1.165, 1.54) is 4.31 Å². The zero-order valence-electron chi connectivity index (χ0n) is 9.83. The fourth-order valence-electron chi connectivity index (χ4n) is 1.99. The Balaban J connectivity index is 1.86. The van der Waals surface area contributed by atoms with Crippen molar-refractivity contribution in [3.05, 3.63) is 48.0 Å². The number of fused-ring (bicyclic) bond motifs is 1. The van der Waals surface area contributed by atoms with Crippen LogP contribution in [-0.2, 0) is 16.8 Å². The number of hydrogen-bond donors (Lipinski definition) is 1. The molecule has 1 aliphatic heterocycles. The second kappa shape index (κ2) is 4.35. The van der Waals surface area contributed by atoms with Crippen LogP contribution in [0.4, 0.5) is 0 Å². The molecule has 3 rings (SSSR count). The van der Waals surface area contributed by atoms with Gasteiger partial charge >= 0.3 is 0 Å². The molecule has 0 aliphatic carbocycles. The Hall–Kier alpha value is -1.43.